The zero-order chi connectivity index (χ0) is 15.6. The van der Waals surface area contributed by atoms with Crippen LogP contribution in [0.1, 0.15) is 11.1 Å². The Bertz CT molecular complexity index is 552. The van der Waals surface area contributed by atoms with Gasteiger partial charge in [-0.3, -0.25) is 4.79 Å². The maximum atomic E-state index is 11.6. The van der Waals surface area contributed by atoms with E-state index in [0.717, 1.165) is 12.1 Å². The summed E-state index contributed by atoms with van der Waals surface area (Å²) in [5.74, 6) is -0.0152. The molecule has 0 aliphatic rings. The Kier molecular flexibility index (Phi) is 6.60. The van der Waals surface area contributed by atoms with E-state index in [2.05, 4.69) is 27.8 Å². The molecule has 0 atom stereocenters. The monoisotopic (exact) mass is 302 g/mol. The number of nitrogens with zero attached hydrogens (tertiary/aromatic N) is 2. The lowest BCUT2D eigenvalue weighted by Crippen LogP contribution is -2.34. The van der Waals surface area contributed by atoms with Crippen molar-refractivity contribution in [1.29, 1.82) is 0 Å². The summed E-state index contributed by atoms with van der Waals surface area (Å²) in [7, 11) is 1.64. The number of amides is 1. The van der Waals surface area contributed by atoms with Crippen molar-refractivity contribution in [2.45, 2.75) is 13.1 Å². The number of benzene rings is 1. The van der Waals surface area contributed by atoms with Crippen molar-refractivity contribution in [2.75, 3.05) is 26.8 Å². The smallest absolute Gasteiger partial charge is 0.234 e. The van der Waals surface area contributed by atoms with Crippen LogP contribution in [0.3, 0.4) is 0 Å². The molecule has 22 heavy (non-hydrogen) atoms. The predicted octanol–water partition coefficient (Wildman–Crippen LogP) is 0.784. The second-order valence-corrected chi connectivity index (χ2v) is 5.00. The summed E-state index contributed by atoms with van der Waals surface area (Å²) in [5, 5.41) is 5.89. The van der Waals surface area contributed by atoms with Crippen LogP contribution < -0.4 is 10.6 Å². The highest BCUT2D eigenvalue weighted by molar-refractivity contribution is 5.77. The standard InChI is InChI=1S/C16H22N4O2/c1-22-9-7-17-11-16(21)19-10-14-2-4-15(5-3-14)12-20-8-6-18-13-20/h2-6,8,13,17H,7,9-12H2,1H3,(H,19,21). The molecule has 0 radical (unpaired) electrons. The number of carbonyl (C=O) groups is 1. The van der Waals surface area contributed by atoms with Crippen molar-refractivity contribution in [3.8, 4) is 0 Å². The summed E-state index contributed by atoms with van der Waals surface area (Å²) < 4.78 is 6.92. The predicted molar refractivity (Wildman–Crippen MR) is 84.4 cm³/mol. The molecule has 6 nitrogen and oxygen atoms in total. The topological polar surface area (TPSA) is 68.2 Å². The first-order valence-electron chi connectivity index (χ1n) is 7.28. The fourth-order valence-electron chi connectivity index (χ4n) is 1.99. The number of hydrogen-bond donors (Lipinski definition) is 2. The van der Waals surface area contributed by atoms with Gasteiger partial charge in [-0.05, 0) is 11.1 Å². The van der Waals surface area contributed by atoms with Gasteiger partial charge in [0.15, 0.2) is 0 Å². The Hall–Kier alpha value is -2.18. The number of rotatable bonds is 9. The maximum Gasteiger partial charge on any atom is 0.234 e. The van der Waals surface area contributed by atoms with E-state index in [1.807, 2.05) is 22.9 Å². The van der Waals surface area contributed by atoms with E-state index >= 15 is 0 Å². The van der Waals surface area contributed by atoms with Gasteiger partial charge in [0.05, 0.1) is 19.5 Å². The van der Waals surface area contributed by atoms with Gasteiger partial charge in [0.2, 0.25) is 5.91 Å². The summed E-state index contributed by atoms with van der Waals surface area (Å²) in [6.07, 6.45) is 5.50. The molecule has 1 amide bonds. The van der Waals surface area contributed by atoms with E-state index in [1.54, 1.807) is 19.6 Å². The minimum atomic E-state index is -0.0152. The largest absolute Gasteiger partial charge is 0.383 e. The number of carbonyl (C=O) groups excluding carboxylic acids is 1. The SMILES string of the molecule is COCCNCC(=O)NCc1ccc(Cn2ccnc2)cc1. The van der Waals surface area contributed by atoms with Crippen LogP contribution in [-0.2, 0) is 22.6 Å². The lowest BCUT2D eigenvalue weighted by molar-refractivity contribution is -0.120. The first kappa shape index (κ1) is 16.2. The summed E-state index contributed by atoms with van der Waals surface area (Å²) in [5.41, 5.74) is 2.29. The summed E-state index contributed by atoms with van der Waals surface area (Å²) in [6, 6.07) is 8.20. The summed E-state index contributed by atoms with van der Waals surface area (Å²) in [6.45, 7) is 2.92. The van der Waals surface area contributed by atoms with E-state index in [9.17, 15) is 4.79 Å². The lowest BCUT2D eigenvalue weighted by Gasteiger charge is -2.08. The number of ether oxygens (including phenoxy) is 1. The van der Waals surface area contributed by atoms with E-state index in [-0.39, 0.29) is 5.91 Å². The van der Waals surface area contributed by atoms with Crippen LogP contribution in [0, 0.1) is 0 Å². The fourth-order valence-corrected chi connectivity index (χ4v) is 1.99. The molecule has 6 heteroatoms. The van der Waals surface area contributed by atoms with Gasteiger partial charge in [-0.1, -0.05) is 24.3 Å². The van der Waals surface area contributed by atoms with Gasteiger partial charge in [-0.15, -0.1) is 0 Å². The van der Waals surface area contributed by atoms with Crippen molar-refractivity contribution in [1.82, 2.24) is 20.2 Å². The zero-order valence-corrected chi connectivity index (χ0v) is 12.8. The molecule has 0 aliphatic heterocycles. The van der Waals surface area contributed by atoms with Gasteiger partial charge in [-0.25, -0.2) is 4.98 Å². The number of nitrogens with one attached hydrogen (secondary N) is 2. The minimum Gasteiger partial charge on any atom is -0.383 e. The molecular weight excluding hydrogens is 280 g/mol. The second kappa shape index (κ2) is 8.96. The van der Waals surface area contributed by atoms with E-state index in [1.165, 1.54) is 5.56 Å². The Morgan fingerprint density at radius 1 is 1.27 bits per heavy atom. The molecular formula is C16H22N4O2. The molecule has 0 aliphatic carbocycles. The van der Waals surface area contributed by atoms with E-state index < -0.39 is 0 Å². The molecule has 1 heterocycles. The van der Waals surface area contributed by atoms with Gasteiger partial charge in [0.25, 0.3) is 0 Å². The van der Waals surface area contributed by atoms with Crippen molar-refractivity contribution >= 4 is 5.91 Å². The normalized spacial score (nSPS) is 10.6. The molecule has 2 aromatic rings. The maximum absolute atomic E-state index is 11.6. The van der Waals surface area contributed by atoms with E-state index in [0.29, 0.717) is 26.2 Å². The summed E-state index contributed by atoms with van der Waals surface area (Å²) >= 11 is 0. The van der Waals surface area contributed by atoms with Crippen molar-refractivity contribution in [2.24, 2.45) is 0 Å². The Labute approximate surface area is 130 Å². The van der Waals surface area contributed by atoms with Crippen LogP contribution in [0.4, 0.5) is 0 Å². The molecule has 1 aromatic carbocycles. The first-order valence-corrected chi connectivity index (χ1v) is 7.28. The Balaban J connectivity index is 1.71. The molecule has 0 saturated carbocycles. The Morgan fingerprint density at radius 2 is 2.05 bits per heavy atom. The molecule has 2 N–H and O–H groups in total. The lowest BCUT2D eigenvalue weighted by atomic mass is 10.1. The Morgan fingerprint density at radius 3 is 2.73 bits per heavy atom. The van der Waals surface area contributed by atoms with Crippen molar-refractivity contribution in [3.05, 3.63) is 54.1 Å². The average Bonchev–Trinajstić information content (AvgIpc) is 3.04. The van der Waals surface area contributed by atoms with Gasteiger partial charge in [0, 0.05) is 39.1 Å². The average molecular weight is 302 g/mol. The van der Waals surface area contributed by atoms with Crippen LogP contribution in [0.2, 0.25) is 0 Å². The highest BCUT2D eigenvalue weighted by Crippen LogP contribution is 2.06. The molecule has 0 bridgehead atoms. The summed E-state index contributed by atoms with van der Waals surface area (Å²) in [4.78, 5) is 15.7. The molecule has 0 unspecified atom stereocenters. The third-order valence-electron chi connectivity index (χ3n) is 3.21. The quantitative estimate of drug-likeness (QED) is 0.672. The molecule has 0 spiro atoms. The molecule has 2 rings (SSSR count). The first-order chi connectivity index (χ1) is 10.8. The minimum absolute atomic E-state index is 0.0152. The van der Waals surface area contributed by atoms with Gasteiger partial charge >= 0.3 is 0 Å². The number of hydrogen-bond acceptors (Lipinski definition) is 4. The van der Waals surface area contributed by atoms with Gasteiger partial charge in [0.1, 0.15) is 0 Å². The number of aromatic nitrogens is 2. The van der Waals surface area contributed by atoms with Crippen molar-refractivity contribution in [3.63, 3.8) is 0 Å². The zero-order valence-electron chi connectivity index (χ0n) is 12.8. The molecule has 1 aromatic heterocycles. The van der Waals surface area contributed by atoms with Crippen molar-refractivity contribution < 1.29 is 9.53 Å². The molecule has 0 saturated heterocycles. The van der Waals surface area contributed by atoms with Crippen LogP contribution >= 0.6 is 0 Å². The number of imidazole rings is 1. The molecule has 118 valence electrons. The van der Waals surface area contributed by atoms with Crippen LogP contribution in [0.5, 0.6) is 0 Å². The molecule has 0 fully saturated rings. The fraction of sp³-hybridized carbons (Fsp3) is 0.375. The van der Waals surface area contributed by atoms with Gasteiger partial charge < -0.3 is 19.9 Å². The van der Waals surface area contributed by atoms with Crippen LogP contribution in [0.25, 0.3) is 0 Å². The highest BCUT2D eigenvalue weighted by atomic mass is 16.5. The number of methoxy groups -OCH3 is 1. The second-order valence-electron chi connectivity index (χ2n) is 5.00. The third kappa shape index (κ3) is 5.67. The van der Waals surface area contributed by atoms with E-state index in [4.69, 9.17) is 4.74 Å². The van der Waals surface area contributed by atoms with Crippen LogP contribution in [0.15, 0.2) is 43.0 Å². The highest BCUT2D eigenvalue weighted by Gasteiger charge is 2.01. The van der Waals surface area contributed by atoms with Gasteiger partial charge in [-0.2, -0.15) is 0 Å². The van der Waals surface area contributed by atoms with Crippen LogP contribution in [-0.4, -0.2) is 42.3 Å². The third-order valence-corrected chi connectivity index (χ3v) is 3.21.